The summed E-state index contributed by atoms with van der Waals surface area (Å²) < 4.78 is 58.0. The molecule has 0 aliphatic carbocycles. The lowest BCUT2D eigenvalue weighted by molar-refractivity contribution is -0.137. The average Bonchev–Trinajstić information content (AvgIpc) is 2.89. The predicted octanol–water partition coefficient (Wildman–Crippen LogP) is 5.94. The topological polar surface area (TPSA) is 79.4 Å². The fourth-order valence-electron chi connectivity index (χ4n) is 3.95. The zero-order valence-electron chi connectivity index (χ0n) is 19.3. The van der Waals surface area contributed by atoms with Crippen molar-refractivity contribution in [1.29, 1.82) is 0 Å². The third-order valence-corrected chi connectivity index (χ3v) is 5.88. The van der Waals surface area contributed by atoms with Crippen molar-refractivity contribution in [2.45, 2.75) is 6.18 Å². The molecule has 0 saturated carbocycles. The minimum atomic E-state index is -4.66. The van der Waals surface area contributed by atoms with Crippen LogP contribution in [0.1, 0.15) is 5.56 Å². The van der Waals surface area contributed by atoms with E-state index < -0.39 is 29.3 Å². The second-order valence-electron chi connectivity index (χ2n) is 8.38. The highest BCUT2D eigenvalue weighted by atomic mass is 19.4. The summed E-state index contributed by atoms with van der Waals surface area (Å²) >= 11 is 0. The molecular formula is C26H21F4N5O2. The van der Waals surface area contributed by atoms with Crippen molar-refractivity contribution >= 4 is 34.3 Å². The number of urea groups is 1. The Bertz CT molecular complexity index is 1440. The Kier molecular flexibility index (Phi) is 6.62. The van der Waals surface area contributed by atoms with Crippen LogP contribution in [0, 0.1) is 5.82 Å². The number of nitrogens with one attached hydrogen (secondary N) is 2. The van der Waals surface area contributed by atoms with Gasteiger partial charge in [0.05, 0.1) is 41.7 Å². The standard InChI is InChI=1S/C26H21F4N5O2/c27-20-7-4-18(26(28,29)30)14-22(20)34-25(36)32-19-5-1-16(2-6-19)17-3-8-21-23(13-17)33-24(15-31-21)35-9-11-37-12-10-35/h1-8,13-15H,9-12H2,(H2,32,34,36). The maximum absolute atomic E-state index is 13.9. The van der Waals surface area contributed by atoms with Crippen LogP contribution in [0.5, 0.6) is 0 Å². The normalized spacial score (nSPS) is 14.0. The maximum atomic E-state index is 13.9. The molecule has 1 aromatic heterocycles. The van der Waals surface area contributed by atoms with Crippen molar-refractivity contribution in [3.63, 3.8) is 0 Å². The van der Waals surface area contributed by atoms with E-state index in [1.807, 2.05) is 18.2 Å². The summed E-state index contributed by atoms with van der Waals surface area (Å²) in [6.07, 6.45) is -2.90. The van der Waals surface area contributed by atoms with Crippen LogP contribution in [0.25, 0.3) is 22.2 Å². The van der Waals surface area contributed by atoms with Crippen molar-refractivity contribution in [2.75, 3.05) is 41.8 Å². The van der Waals surface area contributed by atoms with Crippen LogP contribution in [-0.2, 0) is 10.9 Å². The summed E-state index contributed by atoms with van der Waals surface area (Å²) in [4.78, 5) is 23.6. The molecule has 5 rings (SSSR count). The van der Waals surface area contributed by atoms with Gasteiger partial charge in [0.2, 0.25) is 0 Å². The van der Waals surface area contributed by atoms with Gasteiger partial charge in [-0.3, -0.25) is 4.98 Å². The summed E-state index contributed by atoms with van der Waals surface area (Å²) in [6, 6.07) is 13.5. The highest BCUT2D eigenvalue weighted by Crippen LogP contribution is 2.32. The zero-order valence-corrected chi connectivity index (χ0v) is 19.3. The molecule has 37 heavy (non-hydrogen) atoms. The molecule has 7 nitrogen and oxygen atoms in total. The summed E-state index contributed by atoms with van der Waals surface area (Å²) in [5.74, 6) is -0.189. The summed E-state index contributed by atoms with van der Waals surface area (Å²) in [7, 11) is 0. The molecule has 1 saturated heterocycles. The van der Waals surface area contributed by atoms with Crippen LogP contribution >= 0.6 is 0 Å². The average molecular weight is 511 g/mol. The van der Waals surface area contributed by atoms with Crippen LogP contribution in [0.4, 0.5) is 39.5 Å². The number of benzene rings is 3. The Morgan fingerprint density at radius 2 is 1.62 bits per heavy atom. The van der Waals surface area contributed by atoms with Crippen molar-refractivity contribution in [3.8, 4) is 11.1 Å². The number of carbonyl (C=O) groups is 1. The first kappa shape index (κ1) is 24.4. The van der Waals surface area contributed by atoms with Gasteiger partial charge in [-0.25, -0.2) is 14.2 Å². The first-order valence-corrected chi connectivity index (χ1v) is 11.4. The number of carbonyl (C=O) groups excluding carboxylic acids is 1. The number of aromatic nitrogens is 2. The van der Waals surface area contributed by atoms with E-state index in [1.165, 1.54) is 0 Å². The monoisotopic (exact) mass is 511 g/mol. The van der Waals surface area contributed by atoms with Crippen molar-refractivity contribution in [1.82, 2.24) is 9.97 Å². The first-order chi connectivity index (χ1) is 17.8. The number of ether oxygens (including phenoxy) is 1. The number of anilines is 3. The van der Waals surface area contributed by atoms with E-state index in [4.69, 9.17) is 9.72 Å². The van der Waals surface area contributed by atoms with E-state index in [1.54, 1.807) is 30.5 Å². The highest BCUT2D eigenvalue weighted by Gasteiger charge is 2.31. The minimum absolute atomic E-state index is 0.379. The molecule has 2 amide bonds. The van der Waals surface area contributed by atoms with Gasteiger partial charge in [0, 0.05) is 18.8 Å². The molecule has 0 spiro atoms. The van der Waals surface area contributed by atoms with Crippen molar-refractivity contribution in [2.24, 2.45) is 0 Å². The lowest BCUT2D eigenvalue weighted by Crippen LogP contribution is -2.36. The van der Waals surface area contributed by atoms with Gasteiger partial charge in [-0.1, -0.05) is 18.2 Å². The Hall–Kier alpha value is -4.25. The number of alkyl halides is 3. The molecule has 0 unspecified atom stereocenters. The molecule has 2 N–H and O–H groups in total. The SMILES string of the molecule is O=C(Nc1ccc(-c2ccc3ncc(N4CCOCC4)nc3c2)cc1)Nc1cc(C(F)(F)F)ccc1F. The lowest BCUT2D eigenvalue weighted by atomic mass is 10.0. The van der Waals surface area contributed by atoms with Gasteiger partial charge in [0.25, 0.3) is 0 Å². The van der Waals surface area contributed by atoms with Crippen LogP contribution in [0.3, 0.4) is 0 Å². The molecule has 4 aromatic rings. The van der Waals surface area contributed by atoms with Crippen molar-refractivity contribution in [3.05, 3.63) is 78.2 Å². The predicted molar refractivity (Wildman–Crippen MR) is 132 cm³/mol. The second kappa shape index (κ2) is 10.0. The molecule has 0 radical (unpaired) electrons. The highest BCUT2D eigenvalue weighted by molar-refractivity contribution is 6.00. The van der Waals surface area contributed by atoms with Gasteiger partial charge in [-0.15, -0.1) is 0 Å². The molecule has 3 aromatic carbocycles. The Balaban J connectivity index is 1.29. The molecule has 1 fully saturated rings. The molecule has 190 valence electrons. The third-order valence-electron chi connectivity index (χ3n) is 5.88. The summed E-state index contributed by atoms with van der Waals surface area (Å²) in [5, 5.41) is 4.61. The Morgan fingerprint density at radius 3 is 2.35 bits per heavy atom. The Morgan fingerprint density at radius 1 is 0.892 bits per heavy atom. The van der Waals surface area contributed by atoms with Crippen LogP contribution in [0.2, 0.25) is 0 Å². The third kappa shape index (κ3) is 5.61. The fourth-order valence-corrected chi connectivity index (χ4v) is 3.95. The number of nitrogens with zero attached hydrogens (tertiary/aromatic N) is 3. The van der Waals surface area contributed by atoms with Gasteiger partial charge >= 0.3 is 12.2 Å². The maximum Gasteiger partial charge on any atom is 0.416 e. The largest absolute Gasteiger partial charge is 0.416 e. The fraction of sp³-hybridized carbons (Fsp3) is 0.192. The van der Waals surface area contributed by atoms with Crippen molar-refractivity contribution < 1.29 is 27.1 Å². The Labute approximate surface area is 209 Å². The van der Waals surface area contributed by atoms with Crippen LogP contribution in [0.15, 0.2) is 66.9 Å². The number of fused-ring (bicyclic) bond motifs is 1. The first-order valence-electron chi connectivity index (χ1n) is 11.4. The van der Waals surface area contributed by atoms with Crippen LogP contribution in [-0.4, -0.2) is 42.3 Å². The smallest absolute Gasteiger partial charge is 0.378 e. The van der Waals surface area contributed by atoms with Crippen LogP contribution < -0.4 is 15.5 Å². The zero-order chi connectivity index (χ0) is 26.0. The van der Waals surface area contributed by atoms with E-state index >= 15 is 0 Å². The minimum Gasteiger partial charge on any atom is -0.378 e. The number of rotatable bonds is 4. The molecule has 1 aliphatic heterocycles. The second-order valence-corrected chi connectivity index (χ2v) is 8.38. The quantitative estimate of drug-likeness (QED) is 0.332. The van der Waals surface area contributed by atoms with E-state index in [2.05, 4.69) is 20.5 Å². The molecular weight excluding hydrogens is 490 g/mol. The molecule has 11 heteroatoms. The van der Waals surface area contributed by atoms with Gasteiger partial charge < -0.3 is 20.3 Å². The molecule has 1 aliphatic rings. The van der Waals surface area contributed by atoms with Gasteiger partial charge in [-0.2, -0.15) is 13.2 Å². The lowest BCUT2D eigenvalue weighted by Gasteiger charge is -2.27. The number of hydrogen-bond acceptors (Lipinski definition) is 5. The van der Waals surface area contributed by atoms with E-state index in [9.17, 15) is 22.4 Å². The van der Waals surface area contributed by atoms with E-state index in [-0.39, 0.29) is 0 Å². The van der Waals surface area contributed by atoms with Gasteiger partial charge in [0.15, 0.2) is 0 Å². The van der Waals surface area contributed by atoms with Gasteiger partial charge in [-0.05, 0) is 53.6 Å². The number of hydrogen-bond donors (Lipinski definition) is 2. The molecule has 2 heterocycles. The number of morpholine rings is 1. The summed E-state index contributed by atoms with van der Waals surface area (Å²) in [6.45, 7) is 2.80. The number of halogens is 4. The molecule has 0 bridgehead atoms. The summed E-state index contributed by atoms with van der Waals surface area (Å²) in [5.41, 5.74) is 1.99. The number of amides is 2. The van der Waals surface area contributed by atoms with E-state index in [0.717, 1.165) is 41.1 Å². The van der Waals surface area contributed by atoms with Gasteiger partial charge in [0.1, 0.15) is 11.6 Å². The molecule has 0 atom stereocenters. The van der Waals surface area contributed by atoms with E-state index in [0.29, 0.717) is 37.1 Å².